The highest BCUT2D eigenvalue weighted by Gasteiger charge is 2.29. The van der Waals surface area contributed by atoms with Crippen LogP contribution in [0.1, 0.15) is 22.9 Å². The zero-order valence-corrected chi connectivity index (χ0v) is 32.1. The Morgan fingerprint density at radius 1 is 0.491 bits per heavy atom. The molecule has 1 aliphatic rings. The lowest BCUT2D eigenvalue weighted by molar-refractivity contribution is 0.383. The molecule has 3 heterocycles. The summed E-state index contributed by atoms with van der Waals surface area (Å²) in [5, 5.41) is 5.01. The molecule has 0 N–H and O–H groups in total. The molecule has 270 valence electrons. The highest BCUT2D eigenvalue weighted by Crippen LogP contribution is 2.46. The third kappa shape index (κ3) is 5.50. The average Bonchev–Trinajstić information content (AvgIpc) is 3.83. The van der Waals surface area contributed by atoms with Gasteiger partial charge in [-0.3, -0.25) is 0 Å². The number of aliphatic imine (C=N–C) groups is 2. The van der Waals surface area contributed by atoms with Crippen LogP contribution in [0.15, 0.2) is 204 Å². The summed E-state index contributed by atoms with van der Waals surface area (Å²) in [6.45, 7) is 0. The molecule has 1 unspecified atom stereocenters. The first kappa shape index (κ1) is 33.3. The fourth-order valence-corrected chi connectivity index (χ4v) is 9.81. The molecule has 1 aliphatic heterocycles. The summed E-state index contributed by atoms with van der Waals surface area (Å²) in [6, 6.07) is 69.4. The Kier molecular flexibility index (Phi) is 7.93. The Bertz CT molecular complexity index is 3180. The number of fused-ring (bicyclic) bond motifs is 7. The number of aromatic nitrogens is 1. The fraction of sp³-hybridized carbons (Fsp3) is 0.0385. The lowest BCUT2D eigenvalue weighted by atomic mass is 10.0. The number of benzene rings is 8. The molecular formula is C52H36N4S. The van der Waals surface area contributed by atoms with Crippen molar-refractivity contribution in [2.75, 3.05) is 7.05 Å². The molecule has 0 saturated carbocycles. The van der Waals surface area contributed by atoms with Crippen LogP contribution in [0.2, 0.25) is 0 Å². The van der Waals surface area contributed by atoms with E-state index >= 15 is 0 Å². The number of hydrogen-bond donors (Lipinski definition) is 0. The molecule has 0 fully saturated rings. The van der Waals surface area contributed by atoms with Crippen LogP contribution in [0.25, 0.3) is 69.9 Å². The molecule has 5 heteroatoms. The Hall–Kier alpha value is -7.08. The van der Waals surface area contributed by atoms with Gasteiger partial charge in [-0.1, -0.05) is 170 Å². The summed E-state index contributed by atoms with van der Waals surface area (Å²) in [6.07, 6.45) is -0.266. The molecule has 0 spiro atoms. The molecule has 4 nitrogen and oxygen atoms in total. The van der Waals surface area contributed by atoms with E-state index in [2.05, 4.69) is 211 Å². The predicted molar refractivity (Wildman–Crippen MR) is 241 cm³/mol. The van der Waals surface area contributed by atoms with Crippen molar-refractivity contribution in [1.29, 1.82) is 0 Å². The molecule has 0 aliphatic carbocycles. The van der Waals surface area contributed by atoms with E-state index in [9.17, 15) is 0 Å². The second-order valence-corrected chi connectivity index (χ2v) is 15.6. The molecule has 0 bridgehead atoms. The first-order valence-corrected chi connectivity index (χ1v) is 20.2. The maximum Gasteiger partial charge on any atom is 0.159 e. The van der Waals surface area contributed by atoms with Gasteiger partial charge in [-0.25, -0.2) is 9.98 Å². The van der Waals surface area contributed by atoms with Crippen molar-refractivity contribution in [3.05, 3.63) is 211 Å². The second kappa shape index (κ2) is 13.6. The van der Waals surface area contributed by atoms with Crippen molar-refractivity contribution >= 4 is 65.0 Å². The van der Waals surface area contributed by atoms with Gasteiger partial charge in [-0.2, -0.15) is 0 Å². The van der Waals surface area contributed by atoms with Crippen LogP contribution < -0.4 is 0 Å². The standard InChI is InChI=1S/C52H36N4S/c1-55-51(38-20-9-4-10-21-38)53-50(37-30-28-35(29-31-37)34-16-5-2-6-17-34)54-52(55)42-23-12-14-27-45(42)56-44-26-13-11-22-40(44)41-32-33-46-47(48(41)56)43-25-15-24-39(49(43)57-46)36-18-7-3-8-19-36/h2-33,51H,1H3. The van der Waals surface area contributed by atoms with Crippen LogP contribution in [0.5, 0.6) is 0 Å². The van der Waals surface area contributed by atoms with E-state index < -0.39 is 0 Å². The summed E-state index contributed by atoms with van der Waals surface area (Å²) >= 11 is 1.88. The monoisotopic (exact) mass is 748 g/mol. The molecule has 1 atom stereocenters. The van der Waals surface area contributed by atoms with Gasteiger partial charge in [0, 0.05) is 49.1 Å². The minimum absolute atomic E-state index is 0.266. The molecule has 10 aromatic rings. The van der Waals surface area contributed by atoms with Crippen LogP contribution >= 0.6 is 11.3 Å². The smallest absolute Gasteiger partial charge is 0.159 e. The van der Waals surface area contributed by atoms with Gasteiger partial charge in [-0.05, 0) is 52.1 Å². The summed E-state index contributed by atoms with van der Waals surface area (Å²) in [4.78, 5) is 13.0. The first-order chi connectivity index (χ1) is 28.2. The van der Waals surface area contributed by atoms with Crippen molar-refractivity contribution in [2.24, 2.45) is 9.98 Å². The highest BCUT2D eigenvalue weighted by molar-refractivity contribution is 7.26. The second-order valence-electron chi connectivity index (χ2n) is 14.6. The van der Waals surface area contributed by atoms with Crippen LogP contribution in [0.4, 0.5) is 0 Å². The Balaban J connectivity index is 1.15. The van der Waals surface area contributed by atoms with Crippen molar-refractivity contribution in [3.63, 3.8) is 0 Å². The summed E-state index contributed by atoms with van der Waals surface area (Å²) in [5.41, 5.74) is 11.4. The predicted octanol–water partition coefficient (Wildman–Crippen LogP) is 13.3. The summed E-state index contributed by atoms with van der Waals surface area (Å²) < 4.78 is 5.06. The van der Waals surface area contributed by atoms with E-state index in [-0.39, 0.29) is 6.17 Å². The minimum Gasteiger partial charge on any atom is -0.333 e. The van der Waals surface area contributed by atoms with Gasteiger partial charge < -0.3 is 9.47 Å². The van der Waals surface area contributed by atoms with E-state index in [1.165, 1.54) is 53.2 Å². The van der Waals surface area contributed by atoms with Crippen LogP contribution in [-0.2, 0) is 0 Å². The summed E-state index contributed by atoms with van der Waals surface area (Å²) in [5.74, 6) is 1.59. The van der Waals surface area contributed by atoms with E-state index in [1.807, 2.05) is 11.3 Å². The van der Waals surface area contributed by atoms with Crippen LogP contribution in [0.3, 0.4) is 0 Å². The lowest BCUT2D eigenvalue weighted by Gasteiger charge is -2.33. The number of para-hydroxylation sites is 2. The van der Waals surface area contributed by atoms with E-state index in [4.69, 9.17) is 9.98 Å². The Morgan fingerprint density at radius 3 is 1.89 bits per heavy atom. The van der Waals surface area contributed by atoms with Gasteiger partial charge in [0.05, 0.1) is 16.7 Å². The SMILES string of the molecule is CN1C(c2ccccc2-n2c3ccccc3c3ccc4sc5c(-c6ccccc6)cccc5c4c32)=NC(c2ccc(-c3ccccc3)cc2)=NC1c1ccccc1. The van der Waals surface area contributed by atoms with Gasteiger partial charge >= 0.3 is 0 Å². The van der Waals surface area contributed by atoms with Crippen molar-refractivity contribution in [1.82, 2.24) is 9.47 Å². The minimum atomic E-state index is -0.266. The molecule has 0 radical (unpaired) electrons. The summed E-state index contributed by atoms with van der Waals surface area (Å²) in [7, 11) is 2.12. The lowest BCUT2D eigenvalue weighted by Crippen LogP contribution is -2.36. The first-order valence-electron chi connectivity index (χ1n) is 19.3. The van der Waals surface area contributed by atoms with Gasteiger partial charge in [0.25, 0.3) is 0 Å². The molecule has 2 aromatic heterocycles. The molecule has 11 rings (SSSR count). The molecule has 57 heavy (non-hydrogen) atoms. The number of amidine groups is 2. The largest absolute Gasteiger partial charge is 0.333 e. The van der Waals surface area contributed by atoms with Crippen molar-refractivity contribution in [2.45, 2.75) is 6.17 Å². The topological polar surface area (TPSA) is 32.9 Å². The van der Waals surface area contributed by atoms with Gasteiger partial charge in [0.15, 0.2) is 5.84 Å². The van der Waals surface area contributed by atoms with Gasteiger partial charge in [0.1, 0.15) is 12.0 Å². The average molecular weight is 749 g/mol. The molecule has 8 aromatic carbocycles. The highest BCUT2D eigenvalue weighted by atomic mass is 32.1. The number of hydrogen-bond acceptors (Lipinski definition) is 4. The zero-order valence-electron chi connectivity index (χ0n) is 31.2. The molecule has 0 saturated heterocycles. The van der Waals surface area contributed by atoms with E-state index in [1.54, 1.807) is 0 Å². The quantitative estimate of drug-likeness (QED) is 0.167. The molecular weight excluding hydrogens is 713 g/mol. The zero-order chi connectivity index (χ0) is 37.9. The number of nitrogens with zero attached hydrogens (tertiary/aromatic N) is 4. The van der Waals surface area contributed by atoms with Crippen molar-refractivity contribution in [3.8, 4) is 27.9 Å². The normalized spacial score (nSPS) is 14.4. The third-order valence-electron chi connectivity index (χ3n) is 11.3. The number of rotatable bonds is 6. The maximum absolute atomic E-state index is 5.44. The van der Waals surface area contributed by atoms with Crippen molar-refractivity contribution < 1.29 is 0 Å². The van der Waals surface area contributed by atoms with E-state index in [0.29, 0.717) is 5.84 Å². The van der Waals surface area contributed by atoms with Gasteiger partial charge in [-0.15, -0.1) is 11.3 Å². The fourth-order valence-electron chi connectivity index (χ4n) is 8.57. The third-order valence-corrected chi connectivity index (χ3v) is 12.5. The Morgan fingerprint density at radius 2 is 1.11 bits per heavy atom. The molecule has 0 amide bonds. The van der Waals surface area contributed by atoms with Crippen LogP contribution in [0, 0.1) is 0 Å². The number of thiophene rings is 1. The maximum atomic E-state index is 5.44. The van der Waals surface area contributed by atoms with Crippen LogP contribution in [-0.4, -0.2) is 28.2 Å². The van der Waals surface area contributed by atoms with Gasteiger partial charge in [0.2, 0.25) is 0 Å². The Labute approximate surface area is 335 Å². The van der Waals surface area contributed by atoms with E-state index in [0.717, 1.165) is 39.3 Å².